The van der Waals surface area contributed by atoms with Gasteiger partial charge in [0, 0.05) is 11.6 Å². The van der Waals surface area contributed by atoms with Gasteiger partial charge in [0.1, 0.15) is 0 Å². The molecule has 2 rings (SSSR count). The Kier molecular flexibility index (Phi) is 5.06. The molecule has 0 aliphatic carbocycles. The fourth-order valence-corrected chi connectivity index (χ4v) is 3.90. The molecule has 4 nitrogen and oxygen atoms in total. The van der Waals surface area contributed by atoms with Crippen molar-refractivity contribution in [2.45, 2.75) is 29.3 Å². The molecule has 1 aromatic rings. The predicted molar refractivity (Wildman–Crippen MR) is 77.5 cm³/mol. The molecule has 1 aliphatic rings. The summed E-state index contributed by atoms with van der Waals surface area (Å²) >= 11 is 1.80. The molecule has 122 valence electrons. The standard InChI is InChI=1S/C13H14F3NO3S2/c14-13(15,16)22(19,20)11-3-1-9(2-4-11)12(18)17-10-5-7-21-8-6-10/h1-4,10H,5-8H2,(H,17,18). The molecular formula is C13H14F3NO3S2. The van der Waals surface area contributed by atoms with E-state index < -0.39 is 26.1 Å². The van der Waals surface area contributed by atoms with Gasteiger partial charge in [0.2, 0.25) is 0 Å². The van der Waals surface area contributed by atoms with E-state index in [1.54, 1.807) is 11.8 Å². The summed E-state index contributed by atoms with van der Waals surface area (Å²) < 4.78 is 59.7. The molecule has 1 heterocycles. The Balaban J connectivity index is 2.10. The fourth-order valence-electron chi connectivity index (χ4n) is 2.03. The van der Waals surface area contributed by atoms with Crippen LogP contribution < -0.4 is 5.32 Å². The molecular weight excluding hydrogens is 339 g/mol. The number of carbonyl (C=O) groups is 1. The van der Waals surface area contributed by atoms with Crippen LogP contribution in [0.5, 0.6) is 0 Å². The van der Waals surface area contributed by atoms with Gasteiger partial charge in [-0.05, 0) is 48.6 Å². The van der Waals surface area contributed by atoms with Crippen LogP contribution in [-0.2, 0) is 9.84 Å². The van der Waals surface area contributed by atoms with E-state index >= 15 is 0 Å². The van der Waals surface area contributed by atoms with E-state index in [4.69, 9.17) is 0 Å². The number of hydrogen-bond donors (Lipinski definition) is 1. The van der Waals surface area contributed by atoms with Gasteiger partial charge in [0.15, 0.2) is 0 Å². The lowest BCUT2D eigenvalue weighted by molar-refractivity contribution is -0.0436. The first-order chi connectivity index (χ1) is 10.2. The molecule has 0 saturated carbocycles. The highest BCUT2D eigenvalue weighted by atomic mass is 32.2. The SMILES string of the molecule is O=C(NC1CCSCC1)c1ccc(S(=O)(=O)C(F)(F)F)cc1. The molecule has 0 atom stereocenters. The van der Waals surface area contributed by atoms with E-state index in [-0.39, 0.29) is 11.6 Å². The molecule has 0 bridgehead atoms. The number of carbonyl (C=O) groups excluding carboxylic acids is 1. The summed E-state index contributed by atoms with van der Waals surface area (Å²) in [5.74, 6) is 1.49. The predicted octanol–water partition coefficient (Wildman–Crippen LogP) is 2.61. The van der Waals surface area contributed by atoms with Crippen LogP contribution in [0.25, 0.3) is 0 Å². The van der Waals surface area contributed by atoms with Gasteiger partial charge >= 0.3 is 5.51 Å². The number of sulfone groups is 1. The van der Waals surface area contributed by atoms with Crippen molar-refractivity contribution < 1.29 is 26.4 Å². The van der Waals surface area contributed by atoms with E-state index in [2.05, 4.69) is 5.32 Å². The van der Waals surface area contributed by atoms with Crippen LogP contribution in [0.4, 0.5) is 13.2 Å². The van der Waals surface area contributed by atoms with Crippen molar-refractivity contribution in [3.05, 3.63) is 29.8 Å². The van der Waals surface area contributed by atoms with E-state index in [1.165, 1.54) is 0 Å². The monoisotopic (exact) mass is 353 g/mol. The molecule has 1 aliphatic heterocycles. The second-order valence-electron chi connectivity index (χ2n) is 4.83. The van der Waals surface area contributed by atoms with Crippen molar-refractivity contribution in [2.75, 3.05) is 11.5 Å². The van der Waals surface area contributed by atoms with Crippen LogP contribution >= 0.6 is 11.8 Å². The molecule has 1 saturated heterocycles. The summed E-state index contributed by atoms with van der Waals surface area (Å²) in [7, 11) is -5.38. The van der Waals surface area contributed by atoms with Crippen molar-refractivity contribution in [1.29, 1.82) is 0 Å². The van der Waals surface area contributed by atoms with E-state index in [1.807, 2.05) is 0 Å². The van der Waals surface area contributed by atoms with Crippen LogP contribution in [0.3, 0.4) is 0 Å². The maximum atomic E-state index is 12.4. The highest BCUT2D eigenvalue weighted by Crippen LogP contribution is 2.30. The molecule has 9 heteroatoms. The fraction of sp³-hybridized carbons (Fsp3) is 0.462. The van der Waals surface area contributed by atoms with Crippen LogP contribution in [-0.4, -0.2) is 37.4 Å². The Morgan fingerprint density at radius 2 is 1.68 bits per heavy atom. The topological polar surface area (TPSA) is 63.2 Å². The summed E-state index contributed by atoms with van der Waals surface area (Å²) in [4.78, 5) is 11.1. The minimum atomic E-state index is -5.38. The summed E-state index contributed by atoms with van der Waals surface area (Å²) in [6.07, 6.45) is 1.69. The average Bonchev–Trinajstić information content (AvgIpc) is 2.47. The second-order valence-corrected chi connectivity index (χ2v) is 8.00. The van der Waals surface area contributed by atoms with E-state index in [0.29, 0.717) is 0 Å². The van der Waals surface area contributed by atoms with Crippen molar-refractivity contribution in [1.82, 2.24) is 5.32 Å². The van der Waals surface area contributed by atoms with Crippen LogP contribution in [0.2, 0.25) is 0 Å². The Bertz CT molecular complexity index is 635. The molecule has 1 amide bonds. The first kappa shape index (κ1) is 17.1. The number of benzene rings is 1. The quantitative estimate of drug-likeness (QED) is 0.907. The lowest BCUT2D eigenvalue weighted by Crippen LogP contribution is -2.37. The highest BCUT2D eigenvalue weighted by Gasteiger charge is 2.46. The third-order valence-electron chi connectivity index (χ3n) is 3.29. The summed E-state index contributed by atoms with van der Waals surface area (Å²) in [6, 6.07) is 3.83. The zero-order valence-corrected chi connectivity index (χ0v) is 13.0. The number of hydrogen-bond acceptors (Lipinski definition) is 4. The maximum Gasteiger partial charge on any atom is 0.501 e. The number of alkyl halides is 3. The van der Waals surface area contributed by atoms with Crippen molar-refractivity contribution in [3.63, 3.8) is 0 Å². The van der Waals surface area contributed by atoms with Crippen LogP contribution in [0, 0.1) is 0 Å². The van der Waals surface area contributed by atoms with E-state index in [9.17, 15) is 26.4 Å². The molecule has 0 aromatic heterocycles. The largest absolute Gasteiger partial charge is 0.501 e. The van der Waals surface area contributed by atoms with E-state index in [0.717, 1.165) is 48.6 Å². The van der Waals surface area contributed by atoms with Gasteiger partial charge in [0.05, 0.1) is 4.90 Å². The minimum absolute atomic E-state index is 0.0485. The zero-order chi connectivity index (χ0) is 16.4. The van der Waals surface area contributed by atoms with Gasteiger partial charge in [-0.25, -0.2) is 8.42 Å². The van der Waals surface area contributed by atoms with Gasteiger partial charge in [-0.2, -0.15) is 24.9 Å². The van der Waals surface area contributed by atoms with Gasteiger partial charge < -0.3 is 5.32 Å². The summed E-state index contributed by atoms with van der Waals surface area (Å²) in [5.41, 5.74) is -5.21. The smallest absolute Gasteiger partial charge is 0.349 e. The molecule has 0 radical (unpaired) electrons. The molecule has 1 aromatic carbocycles. The van der Waals surface area contributed by atoms with Crippen molar-refractivity contribution >= 4 is 27.5 Å². The first-order valence-electron chi connectivity index (χ1n) is 6.52. The number of amides is 1. The van der Waals surface area contributed by atoms with Crippen molar-refractivity contribution in [3.8, 4) is 0 Å². The second kappa shape index (κ2) is 6.49. The molecule has 22 heavy (non-hydrogen) atoms. The maximum absolute atomic E-state index is 12.4. The third-order valence-corrected chi connectivity index (χ3v) is 5.84. The van der Waals surface area contributed by atoms with Gasteiger partial charge in [0.25, 0.3) is 15.7 Å². The first-order valence-corrected chi connectivity index (χ1v) is 9.15. The van der Waals surface area contributed by atoms with Gasteiger partial charge in [-0.15, -0.1) is 0 Å². The Morgan fingerprint density at radius 3 is 2.18 bits per heavy atom. The third kappa shape index (κ3) is 3.75. The molecule has 1 N–H and O–H groups in total. The molecule has 1 fully saturated rings. The lowest BCUT2D eigenvalue weighted by atomic mass is 10.1. The number of halogens is 3. The number of nitrogens with one attached hydrogen (secondary N) is 1. The number of thioether (sulfide) groups is 1. The lowest BCUT2D eigenvalue weighted by Gasteiger charge is -2.22. The van der Waals surface area contributed by atoms with Crippen LogP contribution in [0.15, 0.2) is 29.2 Å². The Morgan fingerprint density at radius 1 is 1.14 bits per heavy atom. The van der Waals surface area contributed by atoms with Gasteiger partial charge in [-0.1, -0.05) is 0 Å². The van der Waals surface area contributed by atoms with Gasteiger partial charge in [-0.3, -0.25) is 4.79 Å². The summed E-state index contributed by atoms with van der Waals surface area (Å²) in [6.45, 7) is 0. The highest BCUT2D eigenvalue weighted by molar-refractivity contribution is 7.99. The zero-order valence-electron chi connectivity index (χ0n) is 11.4. The Labute approximate surface area is 130 Å². The number of rotatable bonds is 3. The van der Waals surface area contributed by atoms with Crippen molar-refractivity contribution in [2.24, 2.45) is 0 Å². The summed E-state index contributed by atoms with van der Waals surface area (Å²) in [5, 5.41) is 2.80. The molecule has 0 unspecified atom stereocenters. The Hall–Kier alpha value is -1.22. The normalized spacial score (nSPS) is 17.2. The molecule has 0 spiro atoms. The average molecular weight is 353 g/mol. The van der Waals surface area contributed by atoms with Crippen LogP contribution in [0.1, 0.15) is 23.2 Å². The minimum Gasteiger partial charge on any atom is -0.349 e.